The molecule has 8 rings (SSSR count). The third-order valence-electron chi connectivity index (χ3n) is 9.66. The van der Waals surface area contributed by atoms with Gasteiger partial charge in [-0.1, -0.05) is 11.6 Å². The normalized spacial score (nSPS) is 28.9. The van der Waals surface area contributed by atoms with Gasteiger partial charge in [-0.05, 0) is 55.8 Å². The number of alkyl halides is 1. The lowest BCUT2D eigenvalue weighted by molar-refractivity contribution is 0.00734. The van der Waals surface area contributed by atoms with E-state index in [1.165, 1.54) is 12.1 Å². The Morgan fingerprint density at radius 2 is 2.07 bits per heavy atom. The first kappa shape index (κ1) is 26.6. The van der Waals surface area contributed by atoms with Crippen LogP contribution < -0.4 is 14.4 Å². The third-order valence-corrected chi connectivity index (χ3v) is 9.97. The van der Waals surface area contributed by atoms with Crippen LogP contribution in [-0.2, 0) is 4.74 Å². The Morgan fingerprint density at radius 3 is 2.90 bits per heavy atom. The second-order valence-electron chi connectivity index (χ2n) is 12.4. The molecule has 42 heavy (non-hydrogen) atoms. The quantitative estimate of drug-likeness (QED) is 0.434. The van der Waals surface area contributed by atoms with Crippen LogP contribution in [0.5, 0.6) is 17.6 Å². The summed E-state index contributed by atoms with van der Waals surface area (Å²) in [6.45, 7) is 2.40. The summed E-state index contributed by atoms with van der Waals surface area (Å²) in [6.07, 6.45) is 3.52. The van der Waals surface area contributed by atoms with E-state index in [0.717, 1.165) is 37.8 Å². The van der Waals surface area contributed by atoms with Gasteiger partial charge in [0.1, 0.15) is 47.0 Å². The molecule has 1 N–H and O–H groups in total. The van der Waals surface area contributed by atoms with Crippen LogP contribution in [0.2, 0.25) is 5.02 Å². The summed E-state index contributed by atoms with van der Waals surface area (Å²) in [4.78, 5) is 18.2. The van der Waals surface area contributed by atoms with Crippen molar-refractivity contribution in [3.8, 4) is 28.9 Å². The molecule has 3 saturated heterocycles. The number of benzene rings is 1. The number of pyridine rings is 1. The zero-order chi connectivity index (χ0) is 28.7. The van der Waals surface area contributed by atoms with Crippen LogP contribution in [0.15, 0.2) is 12.1 Å². The molecule has 1 saturated carbocycles. The highest BCUT2D eigenvalue weighted by molar-refractivity contribution is 6.32. The highest BCUT2D eigenvalue weighted by Gasteiger charge is 2.49. The smallest absolute Gasteiger partial charge is 0.319 e. The molecule has 1 aromatic carbocycles. The van der Waals surface area contributed by atoms with E-state index in [1.54, 1.807) is 0 Å². The molecule has 0 bridgehead atoms. The minimum atomic E-state index is -0.897. The van der Waals surface area contributed by atoms with Crippen molar-refractivity contribution in [1.82, 2.24) is 19.9 Å². The number of hydrogen-bond donors (Lipinski definition) is 1. The molecule has 0 radical (unpaired) electrons. The van der Waals surface area contributed by atoms with Gasteiger partial charge in [0.05, 0.1) is 24.8 Å². The molecule has 4 atom stereocenters. The monoisotopic (exact) mass is 599 g/mol. The van der Waals surface area contributed by atoms with E-state index in [9.17, 15) is 9.50 Å². The molecule has 0 amide bonds. The number of aromatic nitrogens is 3. The summed E-state index contributed by atoms with van der Waals surface area (Å²) in [5.74, 6) is 0.0756. The van der Waals surface area contributed by atoms with E-state index in [2.05, 4.69) is 9.88 Å². The van der Waals surface area contributed by atoms with Gasteiger partial charge in [-0.2, -0.15) is 9.97 Å². The van der Waals surface area contributed by atoms with Crippen molar-refractivity contribution in [2.24, 2.45) is 0 Å². The summed E-state index contributed by atoms with van der Waals surface area (Å²) in [5.41, 5.74) is 0.797. The van der Waals surface area contributed by atoms with Gasteiger partial charge >= 0.3 is 6.01 Å². The molecule has 2 unspecified atom stereocenters. The minimum absolute atomic E-state index is 0.0117. The summed E-state index contributed by atoms with van der Waals surface area (Å²) < 4.78 is 49.6. The van der Waals surface area contributed by atoms with Crippen molar-refractivity contribution in [2.45, 2.75) is 68.3 Å². The van der Waals surface area contributed by atoms with Crippen molar-refractivity contribution in [1.29, 1.82) is 0 Å². The Kier molecular flexibility index (Phi) is 6.18. The fourth-order valence-electron chi connectivity index (χ4n) is 7.42. The number of anilines is 1. The number of aromatic hydroxyl groups is 1. The number of ether oxygens (including phenoxy) is 3. The predicted octanol–water partition coefficient (Wildman–Crippen LogP) is 5.01. The van der Waals surface area contributed by atoms with Crippen molar-refractivity contribution in [3.63, 3.8) is 0 Å². The van der Waals surface area contributed by atoms with Crippen LogP contribution in [0.3, 0.4) is 0 Å². The van der Waals surface area contributed by atoms with E-state index in [0.29, 0.717) is 54.4 Å². The Labute approximate surface area is 246 Å². The van der Waals surface area contributed by atoms with Crippen LogP contribution in [-0.4, -0.2) is 88.8 Å². The number of rotatable bonds is 5. The van der Waals surface area contributed by atoms with Gasteiger partial charge in [0.2, 0.25) is 5.88 Å². The maximum Gasteiger partial charge on any atom is 0.319 e. The highest BCUT2D eigenvalue weighted by atomic mass is 35.5. The summed E-state index contributed by atoms with van der Waals surface area (Å²) in [7, 11) is 1.88. The number of phenolic OH excluding ortho intramolecular Hbond substituents is 1. The van der Waals surface area contributed by atoms with Crippen LogP contribution in [0.25, 0.3) is 22.2 Å². The number of fused-ring (bicyclic) bond motifs is 2. The minimum Gasteiger partial charge on any atom is -0.508 e. The fourth-order valence-corrected chi connectivity index (χ4v) is 7.79. The number of halogens is 3. The molecule has 5 aliphatic rings. The summed E-state index contributed by atoms with van der Waals surface area (Å²) in [5, 5.41) is 11.2. The molecule has 6 heterocycles. The lowest BCUT2D eigenvalue weighted by Gasteiger charge is -2.35. The first-order valence-corrected chi connectivity index (χ1v) is 15.1. The highest BCUT2D eigenvalue weighted by Crippen LogP contribution is 2.50. The molecular formula is C30H32ClF2N5O4. The zero-order valence-corrected chi connectivity index (χ0v) is 24.0. The topological polar surface area (TPSA) is 93.1 Å². The second kappa shape index (κ2) is 9.75. The van der Waals surface area contributed by atoms with Gasteiger partial charge in [0, 0.05) is 37.0 Å². The van der Waals surface area contributed by atoms with Crippen molar-refractivity contribution in [2.75, 3.05) is 44.9 Å². The second-order valence-corrected chi connectivity index (χ2v) is 12.8. The molecule has 4 aliphatic heterocycles. The van der Waals surface area contributed by atoms with Crippen LogP contribution in [0, 0.1) is 5.82 Å². The van der Waals surface area contributed by atoms with E-state index < -0.39 is 17.5 Å². The van der Waals surface area contributed by atoms with Crippen LogP contribution in [0.4, 0.5) is 14.6 Å². The Morgan fingerprint density at radius 1 is 1.21 bits per heavy atom. The average Bonchev–Trinajstić information content (AvgIpc) is 3.67. The lowest BCUT2D eigenvalue weighted by atomic mass is 9.95. The van der Waals surface area contributed by atoms with Gasteiger partial charge in [-0.3, -0.25) is 4.90 Å². The lowest BCUT2D eigenvalue weighted by Crippen LogP contribution is -2.50. The molecule has 0 spiro atoms. The van der Waals surface area contributed by atoms with Crippen LogP contribution >= 0.6 is 11.6 Å². The standard InChI is InChI=1S/C30H32ClF2N5O4/c1-37-20-13-40-8-5-21(20)42-28-23-26(24(33)25(34-28)18-9-17(39)10-19(31)22(18)15-3-4-15)35-29(36-27(23)37)41-14-30-6-2-7-38(30)12-16(32)11-30/h9-10,15-16,20-21,39H,2-8,11-14H2,1H3/t16-,20?,21?,30+/m1/s1. The number of nitrogens with zero attached hydrogens (tertiary/aromatic N) is 5. The molecule has 9 nitrogen and oxygen atoms in total. The average molecular weight is 600 g/mol. The first-order valence-electron chi connectivity index (χ1n) is 14.7. The van der Waals surface area contributed by atoms with E-state index in [-0.39, 0.29) is 53.5 Å². The Hall–Kier alpha value is -3.02. The Balaban J connectivity index is 1.29. The van der Waals surface area contributed by atoms with Crippen LogP contribution in [0.1, 0.15) is 50.0 Å². The molecule has 222 valence electrons. The number of phenols is 1. The number of hydrogen-bond acceptors (Lipinski definition) is 9. The van der Waals surface area contributed by atoms with E-state index >= 15 is 4.39 Å². The molecule has 3 aromatic rings. The summed E-state index contributed by atoms with van der Waals surface area (Å²) >= 11 is 6.58. The molecule has 2 aromatic heterocycles. The maximum atomic E-state index is 16.7. The molecule has 12 heteroatoms. The van der Waals surface area contributed by atoms with Gasteiger partial charge in [0.25, 0.3) is 0 Å². The fraction of sp³-hybridized carbons (Fsp3) is 0.567. The Bertz CT molecular complexity index is 1590. The van der Waals surface area contributed by atoms with E-state index in [4.69, 9.17) is 35.8 Å². The molecule has 1 aliphatic carbocycles. The third kappa shape index (κ3) is 4.18. The predicted molar refractivity (Wildman–Crippen MR) is 152 cm³/mol. The SMILES string of the molecule is CN1c2nc(OC[C@@]34CCCN3C[C@H](F)C4)nc3c(F)c(-c4cc(O)cc(Cl)c4C4CC4)nc(c23)OC2CCOCC21. The number of likely N-dealkylation sites (N-methyl/N-ethyl adjacent to an activating group) is 1. The molecular weight excluding hydrogens is 568 g/mol. The van der Waals surface area contributed by atoms with Crippen molar-refractivity contribution < 1.29 is 28.1 Å². The maximum absolute atomic E-state index is 16.7. The van der Waals surface area contributed by atoms with Crippen molar-refractivity contribution in [3.05, 3.63) is 28.5 Å². The zero-order valence-electron chi connectivity index (χ0n) is 23.3. The molecule has 4 fully saturated rings. The van der Waals surface area contributed by atoms with Crippen molar-refractivity contribution >= 4 is 28.3 Å². The van der Waals surface area contributed by atoms with Gasteiger partial charge in [0.15, 0.2) is 5.82 Å². The van der Waals surface area contributed by atoms with E-state index in [1.807, 2.05) is 11.9 Å². The summed E-state index contributed by atoms with van der Waals surface area (Å²) in [6, 6.07) is 2.81. The first-order chi connectivity index (χ1) is 20.3. The van der Waals surface area contributed by atoms with Gasteiger partial charge < -0.3 is 24.2 Å². The van der Waals surface area contributed by atoms with Gasteiger partial charge in [-0.15, -0.1) is 0 Å². The largest absolute Gasteiger partial charge is 0.508 e. The van der Waals surface area contributed by atoms with Gasteiger partial charge in [-0.25, -0.2) is 13.8 Å².